The molecule has 0 aliphatic carbocycles. The van der Waals surface area contributed by atoms with Gasteiger partial charge in [0.2, 0.25) is 0 Å². The highest BCUT2D eigenvalue weighted by Gasteiger charge is 1.95. The van der Waals surface area contributed by atoms with Gasteiger partial charge in [-0.1, -0.05) is 0 Å². The molecular weight excluding hydrogens is 160 g/mol. The third-order valence-corrected chi connectivity index (χ3v) is 2.06. The topological polar surface area (TPSA) is 29.5 Å². The van der Waals surface area contributed by atoms with Crippen molar-refractivity contribution in [2.75, 3.05) is 6.61 Å². The summed E-state index contributed by atoms with van der Waals surface area (Å²) in [5.74, 6) is 0. The first-order valence-corrected chi connectivity index (χ1v) is 4.54. The van der Waals surface area contributed by atoms with Crippen LogP contribution in [0.5, 0.6) is 0 Å². The SMILES string of the molecule is CC(O)OCCc1ccsc1. The molecule has 11 heavy (non-hydrogen) atoms. The summed E-state index contributed by atoms with van der Waals surface area (Å²) < 4.78 is 4.98. The summed E-state index contributed by atoms with van der Waals surface area (Å²) >= 11 is 1.68. The summed E-state index contributed by atoms with van der Waals surface area (Å²) in [5.41, 5.74) is 1.27. The van der Waals surface area contributed by atoms with Crippen molar-refractivity contribution in [2.24, 2.45) is 0 Å². The van der Waals surface area contributed by atoms with E-state index in [1.165, 1.54) is 5.56 Å². The van der Waals surface area contributed by atoms with Gasteiger partial charge in [0.25, 0.3) is 0 Å². The second-order valence-corrected chi connectivity index (χ2v) is 3.13. The first-order chi connectivity index (χ1) is 5.29. The van der Waals surface area contributed by atoms with E-state index in [-0.39, 0.29) is 0 Å². The summed E-state index contributed by atoms with van der Waals surface area (Å²) in [6.07, 6.45) is 0.239. The van der Waals surface area contributed by atoms with Gasteiger partial charge in [-0.25, -0.2) is 0 Å². The number of rotatable bonds is 4. The van der Waals surface area contributed by atoms with Crippen molar-refractivity contribution in [1.82, 2.24) is 0 Å². The molecule has 1 aromatic rings. The molecule has 1 atom stereocenters. The van der Waals surface area contributed by atoms with Crippen LogP contribution in [-0.2, 0) is 11.2 Å². The van der Waals surface area contributed by atoms with Crippen LogP contribution in [-0.4, -0.2) is 18.0 Å². The van der Waals surface area contributed by atoms with Crippen molar-refractivity contribution in [3.05, 3.63) is 22.4 Å². The van der Waals surface area contributed by atoms with E-state index in [0.29, 0.717) is 6.61 Å². The predicted octanol–water partition coefficient (Wildman–Crippen LogP) is 1.65. The van der Waals surface area contributed by atoms with Crippen molar-refractivity contribution in [1.29, 1.82) is 0 Å². The van der Waals surface area contributed by atoms with Crippen molar-refractivity contribution in [3.63, 3.8) is 0 Å². The first-order valence-electron chi connectivity index (χ1n) is 3.60. The minimum atomic E-state index is -0.645. The summed E-state index contributed by atoms with van der Waals surface area (Å²) in [6.45, 7) is 2.21. The fraction of sp³-hybridized carbons (Fsp3) is 0.500. The lowest BCUT2D eigenvalue weighted by Gasteiger charge is -2.04. The quantitative estimate of drug-likeness (QED) is 0.700. The summed E-state index contributed by atoms with van der Waals surface area (Å²) in [5, 5.41) is 12.9. The lowest BCUT2D eigenvalue weighted by atomic mass is 10.3. The van der Waals surface area contributed by atoms with Gasteiger partial charge in [-0.3, -0.25) is 0 Å². The molecule has 0 aliphatic rings. The summed E-state index contributed by atoms with van der Waals surface area (Å²) in [6, 6.07) is 2.07. The Labute approximate surface area is 70.4 Å². The van der Waals surface area contributed by atoms with E-state index in [9.17, 15) is 0 Å². The third kappa shape index (κ3) is 3.51. The van der Waals surface area contributed by atoms with Gasteiger partial charge in [-0.2, -0.15) is 11.3 Å². The van der Waals surface area contributed by atoms with Gasteiger partial charge >= 0.3 is 0 Å². The molecule has 0 saturated heterocycles. The van der Waals surface area contributed by atoms with Gasteiger partial charge in [0.05, 0.1) is 6.61 Å². The molecule has 0 fully saturated rings. The molecule has 1 unspecified atom stereocenters. The molecule has 62 valence electrons. The van der Waals surface area contributed by atoms with Gasteiger partial charge in [-0.15, -0.1) is 0 Å². The highest BCUT2D eigenvalue weighted by Crippen LogP contribution is 2.06. The van der Waals surface area contributed by atoms with E-state index in [0.717, 1.165) is 6.42 Å². The van der Waals surface area contributed by atoms with E-state index in [1.54, 1.807) is 18.3 Å². The second-order valence-electron chi connectivity index (χ2n) is 2.35. The summed E-state index contributed by atoms with van der Waals surface area (Å²) in [7, 11) is 0. The van der Waals surface area contributed by atoms with Crippen molar-refractivity contribution in [2.45, 2.75) is 19.6 Å². The van der Waals surface area contributed by atoms with Crippen LogP contribution >= 0.6 is 11.3 Å². The Morgan fingerprint density at radius 2 is 2.55 bits per heavy atom. The average molecular weight is 172 g/mol. The molecule has 1 aromatic heterocycles. The number of hydrogen-bond donors (Lipinski definition) is 1. The fourth-order valence-corrected chi connectivity index (χ4v) is 1.49. The van der Waals surface area contributed by atoms with Crippen LogP contribution in [0, 0.1) is 0 Å². The maximum absolute atomic E-state index is 8.76. The Kier molecular flexibility index (Phi) is 3.56. The Morgan fingerprint density at radius 1 is 1.73 bits per heavy atom. The minimum Gasteiger partial charge on any atom is -0.368 e. The molecule has 1 heterocycles. The molecule has 1 rings (SSSR count). The van der Waals surface area contributed by atoms with Crippen LogP contribution < -0.4 is 0 Å². The van der Waals surface area contributed by atoms with Crippen LogP contribution in [0.1, 0.15) is 12.5 Å². The van der Waals surface area contributed by atoms with Gasteiger partial charge in [0.1, 0.15) is 0 Å². The molecule has 0 saturated carbocycles. The largest absolute Gasteiger partial charge is 0.368 e. The van der Waals surface area contributed by atoms with E-state index >= 15 is 0 Å². The first kappa shape index (κ1) is 8.71. The fourth-order valence-electron chi connectivity index (χ4n) is 0.782. The number of hydrogen-bond acceptors (Lipinski definition) is 3. The zero-order valence-corrected chi connectivity index (χ0v) is 7.30. The number of thiophene rings is 1. The van der Waals surface area contributed by atoms with Crippen molar-refractivity contribution in [3.8, 4) is 0 Å². The molecule has 0 bridgehead atoms. The standard InChI is InChI=1S/C8H12O2S/c1-7(9)10-4-2-8-3-5-11-6-8/h3,5-7,9H,2,4H2,1H3. The van der Waals surface area contributed by atoms with Gasteiger partial charge in [0, 0.05) is 0 Å². The van der Waals surface area contributed by atoms with E-state index < -0.39 is 6.29 Å². The molecule has 0 aliphatic heterocycles. The van der Waals surface area contributed by atoms with Crippen molar-refractivity contribution >= 4 is 11.3 Å². The maximum Gasteiger partial charge on any atom is 0.151 e. The normalized spacial score (nSPS) is 13.3. The Bertz CT molecular complexity index is 182. The molecule has 2 nitrogen and oxygen atoms in total. The Morgan fingerprint density at radius 3 is 3.09 bits per heavy atom. The second kappa shape index (κ2) is 4.49. The molecule has 0 aromatic carbocycles. The van der Waals surface area contributed by atoms with Gasteiger partial charge < -0.3 is 9.84 Å². The molecule has 1 N–H and O–H groups in total. The van der Waals surface area contributed by atoms with Gasteiger partial charge in [0.15, 0.2) is 6.29 Å². The van der Waals surface area contributed by atoms with E-state index in [1.807, 2.05) is 5.38 Å². The maximum atomic E-state index is 8.76. The zero-order chi connectivity index (χ0) is 8.10. The van der Waals surface area contributed by atoms with E-state index in [4.69, 9.17) is 9.84 Å². The van der Waals surface area contributed by atoms with Gasteiger partial charge in [-0.05, 0) is 35.7 Å². The Hall–Kier alpha value is -0.380. The number of ether oxygens (including phenoxy) is 1. The highest BCUT2D eigenvalue weighted by atomic mass is 32.1. The predicted molar refractivity (Wildman–Crippen MR) is 45.7 cm³/mol. The molecular formula is C8H12O2S. The van der Waals surface area contributed by atoms with Crippen LogP contribution in [0.25, 0.3) is 0 Å². The smallest absolute Gasteiger partial charge is 0.151 e. The molecule has 3 heteroatoms. The van der Waals surface area contributed by atoms with Crippen molar-refractivity contribution < 1.29 is 9.84 Å². The lowest BCUT2D eigenvalue weighted by Crippen LogP contribution is -2.08. The lowest BCUT2D eigenvalue weighted by molar-refractivity contribution is -0.0838. The number of aliphatic hydroxyl groups is 1. The molecule has 0 radical (unpaired) electrons. The van der Waals surface area contributed by atoms with E-state index in [2.05, 4.69) is 11.4 Å². The summed E-state index contributed by atoms with van der Waals surface area (Å²) in [4.78, 5) is 0. The Balaban J connectivity index is 2.14. The highest BCUT2D eigenvalue weighted by molar-refractivity contribution is 7.07. The minimum absolute atomic E-state index is 0.592. The van der Waals surface area contributed by atoms with Crippen LogP contribution in [0.2, 0.25) is 0 Å². The van der Waals surface area contributed by atoms with Crippen LogP contribution in [0.4, 0.5) is 0 Å². The van der Waals surface area contributed by atoms with Crippen LogP contribution in [0.15, 0.2) is 16.8 Å². The molecule has 0 amide bonds. The molecule has 0 spiro atoms. The third-order valence-electron chi connectivity index (χ3n) is 1.33. The number of aliphatic hydroxyl groups excluding tert-OH is 1. The average Bonchev–Trinajstić information content (AvgIpc) is 2.39. The monoisotopic (exact) mass is 172 g/mol. The zero-order valence-electron chi connectivity index (χ0n) is 6.49. The van der Waals surface area contributed by atoms with Crippen LogP contribution in [0.3, 0.4) is 0 Å².